The van der Waals surface area contributed by atoms with Crippen molar-refractivity contribution in [2.45, 2.75) is 237 Å². The molecule has 1 aliphatic heterocycles. The number of phosphoric acid groups is 4. The van der Waals surface area contributed by atoms with Crippen LogP contribution in [-0.2, 0) is 65.9 Å². The van der Waals surface area contributed by atoms with E-state index in [-0.39, 0.29) is 26.4 Å². The number of allylic oxidation sites excluding steroid dienone is 1. The van der Waals surface area contributed by atoms with Gasteiger partial charge in [-0.1, -0.05) is 160 Å². The Bertz CT molecular complexity index is 1210. The van der Waals surface area contributed by atoms with Gasteiger partial charge in [-0.15, -0.1) is 23.2 Å². The van der Waals surface area contributed by atoms with Crippen LogP contribution in [0.3, 0.4) is 0 Å². The van der Waals surface area contributed by atoms with E-state index in [1.54, 1.807) is 0 Å². The van der Waals surface area contributed by atoms with Gasteiger partial charge in [-0.25, -0.2) is 36.8 Å². The molecule has 1 rings (SSSR count). The van der Waals surface area contributed by atoms with Crippen molar-refractivity contribution in [2.75, 3.05) is 83.9 Å². The minimum Gasteiger partial charge on any atom is 2.00 e. The minimum atomic E-state index is -5.87. The number of rotatable bonds is 36. The van der Waals surface area contributed by atoms with Crippen molar-refractivity contribution in [3.8, 4) is 0 Å². The standard InChI is InChI=1S/3C16H36N.C3H5.CH2Cl2.2CO.Mo.H4O12P4/c3*1-5-9-13-17(14-10-6-2,15-11-7-3)16-12-8-4;1-3-2;2-1-3;2*1-2;;1-13(2)9-14(3,4)11-16(7,8)12-15(5,6)10-13/h3*5-16H2,1-4H3;3H,1-2H2;1H2;;;;(H,1,2)(H,3,4)(H,5,6)(H,7,8)/q3*+1;-1;;;;+2;/p-4. The maximum Gasteiger partial charge on any atom is 2.00 e. The van der Waals surface area contributed by atoms with E-state index in [4.69, 9.17) is 32.5 Å². The van der Waals surface area contributed by atoms with Crippen LogP contribution in [0.4, 0.5) is 0 Å². The number of nitrogens with zero attached hydrogens (tertiary/aromatic N) is 3. The van der Waals surface area contributed by atoms with Gasteiger partial charge in [0.2, 0.25) is 0 Å². The molecule has 0 amide bonds. The molecule has 0 atom stereocenters. The van der Waals surface area contributed by atoms with Gasteiger partial charge in [0.1, 0.15) is 0 Å². The van der Waals surface area contributed by atoms with Crippen molar-refractivity contribution in [3.05, 3.63) is 32.9 Å². The second-order valence-electron chi connectivity index (χ2n) is 19.5. The van der Waals surface area contributed by atoms with Gasteiger partial charge in [-0.2, -0.15) is 0 Å². The molecule has 470 valence electrons. The summed E-state index contributed by atoms with van der Waals surface area (Å²) in [6, 6.07) is 0. The third-order valence-corrected chi connectivity index (χ3v) is 19.0. The Labute approximate surface area is 504 Å². The third-order valence-electron chi connectivity index (χ3n) is 12.6. The molecule has 0 saturated carbocycles. The Balaban J connectivity index is -0.000000131. The fraction of sp³-hybridized carbons (Fsp3) is 0.907. The molecule has 0 aromatic heterocycles. The molecule has 0 bridgehead atoms. The Morgan fingerprint density at radius 3 is 0.513 bits per heavy atom. The number of quaternary nitrogens is 3. The molecule has 78 heavy (non-hydrogen) atoms. The van der Waals surface area contributed by atoms with Gasteiger partial charge in [0.05, 0.1) is 83.9 Å². The van der Waals surface area contributed by atoms with Crippen LogP contribution in [0.25, 0.3) is 0 Å². The summed E-state index contributed by atoms with van der Waals surface area (Å²) in [6.45, 7) is 60.6. The summed E-state index contributed by atoms with van der Waals surface area (Å²) in [6.07, 6.45) is 34.7. The molecule has 0 aromatic carbocycles. The van der Waals surface area contributed by atoms with Gasteiger partial charge in [0.15, 0.2) is 0 Å². The van der Waals surface area contributed by atoms with E-state index in [2.05, 4.69) is 127 Å². The van der Waals surface area contributed by atoms with Crippen LogP contribution >= 0.6 is 54.5 Å². The molecule has 0 aliphatic carbocycles. The molecule has 1 fully saturated rings. The number of hydrogen-bond acceptors (Lipinski definition) is 12. The van der Waals surface area contributed by atoms with Crippen LogP contribution in [0.5, 0.6) is 0 Å². The molecular weight excluding hydrogens is 1210 g/mol. The normalized spacial score (nSPS) is 19.6. The van der Waals surface area contributed by atoms with Crippen LogP contribution < -0.4 is 19.6 Å². The second-order valence-corrected chi connectivity index (χ2v) is 26.5. The molecule has 0 N–H and O–H groups in total. The number of alkyl halides is 2. The van der Waals surface area contributed by atoms with E-state index in [9.17, 15) is 37.8 Å². The quantitative estimate of drug-likeness (QED) is 0.0142. The van der Waals surface area contributed by atoms with Gasteiger partial charge < -0.3 is 33.0 Å². The zero-order valence-corrected chi connectivity index (χ0v) is 58.3. The van der Waals surface area contributed by atoms with E-state index < -0.39 is 31.3 Å². The molecular formula is C54H115Cl2MoN3O14P4. The van der Waals surface area contributed by atoms with Crippen LogP contribution in [0.15, 0.2) is 12.7 Å². The van der Waals surface area contributed by atoms with E-state index in [1.165, 1.54) is 252 Å². The molecule has 0 spiro atoms. The average Bonchev–Trinajstić information content (AvgIpc) is 3.38. The summed E-state index contributed by atoms with van der Waals surface area (Å²) in [5.41, 5.74) is 0. The van der Waals surface area contributed by atoms with Crippen molar-refractivity contribution in [1.82, 2.24) is 0 Å². The van der Waals surface area contributed by atoms with Crippen LogP contribution in [-0.4, -0.2) is 97.3 Å². The molecule has 24 heteroatoms. The molecule has 0 unspecified atom stereocenters. The minimum absolute atomic E-state index is 0. The molecule has 1 saturated heterocycles. The summed E-state index contributed by atoms with van der Waals surface area (Å²) in [5, 5.41) is 0.194. The van der Waals surface area contributed by atoms with Crippen LogP contribution in [0.2, 0.25) is 0 Å². The molecule has 1 heterocycles. The predicted octanol–water partition coefficient (Wildman–Crippen LogP) is 15.3. The van der Waals surface area contributed by atoms with E-state index in [0.717, 1.165) is 0 Å². The monoisotopic (exact) mass is 1320 g/mol. The molecule has 0 aromatic rings. The smallest absolute Gasteiger partial charge is 2.00 e. The summed E-state index contributed by atoms with van der Waals surface area (Å²) in [7, 11) is -23.5. The van der Waals surface area contributed by atoms with Crippen molar-refractivity contribution in [2.24, 2.45) is 0 Å². The predicted molar refractivity (Wildman–Crippen MR) is 313 cm³/mol. The summed E-state index contributed by atoms with van der Waals surface area (Å²) < 4.78 is 73.7. The number of hydrogen-bond donors (Lipinski definition) is 0. The summed E-state index contributed by atoms with van der Waals surface area (Å²) in [4.78, 5) is 42.2. The van der Waals surface area contributed by atoms with Crippen molar-refractivity contribution in [1.29, 1.82) is 0 Å². The van der Waals surface area contributed by atoms with Crippen LogP contribution in [0.1, 0.15) is 237 Å². The SMILES string of the molecule is C=C[CH2-].CCCC[N+](CCCC)(CCCC)CCCC.CCCC[N+](CCCC)(CCCC)CCCC.CCCC[N+](CCCC)(CCCC)CCCC.ClCCl.O=P1([O-])OP(=O)([O-])OP(=O)([O-])OP(=O)([O-])O1.[C-]#[O+].[C-]#[O+].[Mo+2]. The molecule has 1 aliphatic rings. The van der Waals surface area contributed by atoms with Gasteiger partial charge >= 0.3 is 43.7 Å². The fourth-order valence-electron chi connectivity index (χ4n) is 8.48. The van der Waals surface area contributed by atoms with Crippen molar-refractivity contribution in [3.63, 3.8) is 0 Å². The first-order valence-electron chi connectivity index (χ1n) is 29.0. The summed E-state index contributed by atoms with van der Waals surface area (Å²) >= 11 is 9.53. The zero-order valence-electron chi connectivity index (χ0n) is 51.2. The van der Waals surface area contributed by atoms with Gasteiger partial charge in [-0.05, 0) is 77.0 Å². The first-order valence-corrected chi connectivity index (χ1v) is 35.9. The topological polar surface area (TPSA) is 237 Å². The van der Waals surface area contributed by atoms with Gasteiger partial charge in [0, 0.05) is 0 Å². The van der Waals surface area contributed by atoms with Gasteiger partial charge in [-0.3, -0.25) is 18.3 Å². The Morgan fingerprint density at radius 1 is 0.372 bits per heavy atom. The van der Waals surface area contributed by atoms with Crippen molar-refractivity contribution < 1.29 is 98.9 Å². The van der Waals surface area contributed by atoms with Crippen LogP contribution in [0, 0.1) is 20.2 Å². The maximum atomic E-state index is 10.6. The number of halogens is 2. The first kappa shape index (κ1) is 95.2. The van der Waals surface area contributed by atoms with E-state index >= 15 is 0 Å². The Hall–Kier alpha value is 0.838. The largest absolute Gasteiger partial charge is 2.00 e. The maximum absolute atomic E-state index is 10.6. The van der Waals surface area contributed by atoms with Crippen molar-refractivity contribution >= 4 is 54.5 Å². The van der Waals surface area contributed by atoms with Gasteiger partial charge in [0.25, 0.3) is 31.3 Å². The van der Waals surface area contributed by atoms with E-state index in [1.807, 2.05) is 0 Å². The molecule has 0 radical (unpaired) electrons. The second kappa shape index (κ2) is 63.9. The Kier molecular flexibility index (Phi) is 77.9. The first-order chi connectivity index (χ1) is 36.4. The Morgan fingerprint density at radius 2 is 0.449 bits per heavy atom. The number of unbranched alkanes of at least 4 members (excludes halogenated alkanes) is 12. The summed E-state index contributed by atoms with van der Waals surface area (Å²) in [5.74, 6) is 0. The molecule has 17 nitrogen and oxygen atoms in total. The third kappa shape index (κ3) is 61.4. The van der Waals surface area contributed by atoms with E-state index in [0.29, 0.717) is 0 Å². The zero-order chi connectivity index (χ0) is 61.2. The average molecular weight is 1320 g/mol. The fourth-order valence-corrected chi connectivity index (χ4v) is 14.0.